The molecule has 4 heteroatoms. The average molecular weight is 329 g/mol. The maximum atomic E-state index is 6.21. The van der Waals surface area contributed by atoms with E-state index in [0.717, 1.165) is 23.2 Å². The van der Waals surface area contributed by atoms with E-state index in [1.807, 2.05) is 6.07 Å². The van der Waals surface area contributed by atoms with E-state index in [1.165, 1.54) is 30.6 Å². The fourth-order valence-electron chi connectivity index (χ4n) is 3.82. The third-order valence-corrected chi connectivity index (χ3v) is 6.21. The minimum atomic E-state index is 0.209. The summed E-state index contributed by atoms with van der Waals surface area (Å²) in [6, 6.07) is 4.63. The van der Waals surface area contributed by atoms with E-state index >= 15 is 0 Å². The van der Waals surface area contributed by atoms with Crippen molar-refractivity contribution in [3.8, 4) is 0 Å². The molecule has 1 aromatic heterocycles. The predicted octanol–water partition coefficient (Wildman–Crippen LogP) is 4.95. The van der Waals surface area contributed by atoms with Crippen LogP contribution in [-0.4, -0.2) is 31.1 Å². The maximum absolute atomic E-state index is 6.21. The van der Waals surface area contributed by atoms with Crippen molar-refractivity contribution in [2.45, 2.75) is 57.5 Å². The molecule has 0 spiro atoms. The quantitative estimate of drug-likeness (QED) is 0.794. The molecule has 1 aliphatic carbocycles. The third kappa shape index (κ3) is 3.82. The summed E-state index contributed by atoms with van der Waals surface area (Å²) in [5, 5.41) is 3.82. The van der Waals surface area contributed by atoms with E-state index in [4.69, 9.17) is 11.6 Å². The number of halogens is 1. The third-order valence-electron chi connectivity index (χ3n) is 4.91. The second kappa shape index (κ2) is 7.45. The van der Waals surface area contributed by atoms with E-state index in [0.29, 0.717) is 6.04 Å². The van der Waals surface area contributed by atoms with Gasteiger partial charge < -0.3 is 10.2 Å². The van der Waals surface area contributed by atoms with Crippen molar-refractivity contribution < 1.29 is 0 Å². The lowest BCUT2D eigenvalue weighted by molar-refractivity contribution is 0.0379. The first-order chi connectivity index (χ1) is 9.99. The van der Waals surface area contributed by atoms with Crippen molar-refractivity contribution in [3.63, 3.8) is 0 Å². The molecule has 1 N–H and O–H groups in total. The Morgan fingerprint density at radius 3 is 2.76 bits per heavy atom. The molecule has 1 saturated carbocycles. The molecule has 2 nitrogen and oxygen atoms in total. The van der Waals surface area contributed by atoms with Crippen molar-refractivity contribution in [3.05, 3.63) is 21.3 Å². The molecule has 3 unspecified atom stereocenters. The molecule has 1 fully saturated rings. The molecule has 120 valence electrons. The van der Waals surface area contributed by atoms with Crippen LogP contribution in [0.2, 0.25) is 4.34 Å². The first-order valence-electron chi connectivity index (χ1n) is 8.15. The zero-order valence-electron chi connectivity index (χ0n) is 13.8. The van der Waals surface area contributed by atoms with E-state index in [9.17, 15) is 0 Å². The smallest absolute Gasteiger partial charge is 0.0931 e. The first-order valence-corrected chi connectivity index (χ1v) is 9.35. The highest BCUT2D eigenvalue weighted by Gasteiger charge is 2.44. The van der Waals surface area contributed by atoms with Crippen LogP contribution in [0.4, 0.5) is 0 Å². The molecule has 0 aliphatic heterocycles. The van der Waals surface area contributed by atoms with E-state index in [-0.39, 0.29) is 5.54 Å². The molecule has 3 atom stereocenters. The molecule has 2 rings (SSSR count). The minimum Gasteiger partial charge on any atom is -0.308 e. The predicted molar refractivity (Wildman–Crippen MR) is 94.4 cm³/mol. The van der Waals surface area contributed by atoms with Crippen LogP contribution in [0.15, 0.2) is 12.1 Å². The summed E-state index contributed by atoms with van der Waals surface area (Å²) >= 11 is 7.94. The van der Waals surface area contributed by atoms with Crippen LogP contribution >= 0.6 is 22.9 Å². The van der Waals surface area contributed by atoms with E-state index in [2.05, 4.69) is 44.2 Å². The van der Waals surface area contributed by atoms with Crippen LogP contribution in [0.5, 0.6) is 0 Å². The molecule has 0 saturated heterocycles. The lowest BCUT2D eigenvalue weighted by Gasteiger charge is -2.50. The normalized spacial score (nSPS) is 28.0. The van der Waals surface area contributed by atoms with Gasteiger partial charge in [0.15, 0.2) is 0 Å². The number of thiophene rings is 1. The van der Waals surface area contributed by atoms with Gasteiger partial charge in [0.1, 0.15) is 0 Å². The van der Waals surface area contributed by atoms with Crippen LogP contribution in [0.3, 0.4) is 0 Å². The van der Waals surface area contributed by atoms with Gasteiger partial charge in [-0.25, -0.2) is 0 Å². The number of nitrogens with zero attached hydrogens (tertiary/aromatic N) is 1. The Kier molecular flexibility index (Phi) is 6.13. The van der Waals surface area contributed by atoms with Gasteiger partial charge in [0, 0.05) is 10.4 Å². The van der Waals surface area contributed by atoms with E-state index in [1.54, 1.807) is 11.3 Å². The molecule has 0 amide bonds. The summed E-state index contributed by atoms with van der Waals surface area (Å²) in [6.45, 7) is 5.69. The summed E-state index contributed by atoms with van der Waals surface area (Å²) in [6.07, 6.45) is 6.37. The number of hydrogen-bond acceptors (Lipinski definition) is 3. The van der Waals surface area contributed by atoms with Crippen LogP contribution in [0.1, 0.15) is 56.9 Å². The van der Waals surface area contributed by atoms with Gasteiger partial charge in [0.25, 0.3) is 0 Å². The molecule has 0 aromatic carbocycles. The Hall–Kier alpha value is -0.0900. The van der Waals surface area contributed by atoms with Gasteiger partial charge in [0.05, 0.1) is 10.4 Å². The number of nitrogens with one attached hydrogen (secondary N) is 1. The second-order valence-electron chi connectivity index (χ2n) is 6.73. The standard InChI is InChI=1S/C17H29ClN2S/c1-5-11-19-16(14-8-9-15(18)21-14)17(20(3)4)10-6-7-13(2)12-17/h8-9,13,16,19H,5-7,10-12H2,1-4H3. The fourth-order valence-corrected chi connectivity index (χ4v) is 5.07. The van der Waals surface area contributed by atoms with Crippen molar-refractivity contribution in [2.75, 3.05) is 20.6 Å². The fraction of sp³-hybridized carbons (Fsp3) is 0.765. The molecule has 21 heavy (non-hydrogen) atoms. The summed E-state index contributed by atoms with van der Waals surface area (Å²) in [5.74, 6) is 0.794. The van der Waals surface area contributed by atoms with Crippen LogP contribution in [0.25, 0.3) is 0 Å². The average Bonchev–Trinajstić information content (AvgIpc) is 2.85. The lowest BCUT2D eigenvalue weighted by atomic mass is 9.71. The number of hydrogen-bond donors (Lipinski definition) is 1. The summed E-state index contributed by atoms with van der Waals surface area (Å²) < 4.78 is 0.895. The SMILES string of the molecule is CCCNC(c1ccc(Cl)s1)C1(N(C)C)CCCC(C)C1. The zero-order chi connectivity index (χ0) is 15.5. The van der Waals surface area contributed by atoms with Gasteiger partial charge >= 0.3 is 0 Å². The summed E-state index contributed by atoms with van der Waals surface area (Å²) in [5.41, 5.74) is 0.209. The van der Waals surface area contributed by atoms with Crippen molar-refractivity contribution >= 4 is 22.9 Å². The Morgan fingerprint density at radius 1 is 1.48 bits per heavy atom. The van der Waals surface area contributed by atoms with Gasteiger partial charge in [-0.2, -0.15) is 0 Å². The van der Waals surface area contributed by atoms with E-state index < -0.39 is 0 Å². The molecular formula is C17H29ClN2S. The highest BCUT2D eigenvalue weighted by atomic mass is 35.5. The van der Waals surface area contributed by atoms with Crippen LogP contribution < -0.4 is 5.32 Å². The summed E-state index contributed by atoms with van der Waals surface area (Å²) in [4.78, 5) is 3.85. The van der Waals surface area contributed by atoms with Crippen LogP contribution in [-0.2, 0) is 0 Å². The first kappa shape index (κ1) is 17.3. The van der Waals surface area contributed by atoms with Gasteiger partial charge in [0.2, 0.25) is 0 Å². The molecule has 1 heterocycles. The molecule has 0 radical (unpaired) electrons. The Bertz CT molecular complexity index is 446. The highest BCUT2D eigenvalue weighted by Crippen LogP contribution is 2.45. The van der Waals surface area contributed by atoms with Gasteiger partial charge in [-0.3, -0.25) is 0 Å². The van der Waals surface area contributed by atoms with Crippen LogP contribution in [0, 0.1) is 5.92 Å². The molecular weight excluding hydrogens is 300 g/mol. The molecule has 1 aromatic rings. The topological polar surface area (TPSA) is 15.3 Å². The van der Waals surface area contributed by atoms with Crippen molar-refractivity contribution in [1.82, 2.24) is 10.2 Å². The van der Waals surface area contributed by atoms with Gasteiger partial charge in [-0.1, -0.05) is 38.3 Å². The molecule has 0 bridgehead atoms. The van der Waals surface area contributed by atoms with Gasteiger partial charge in [-0.05, 0) is 58.0 Å². The number of likely N-dealkylation sites (N-methyl/N-ethyl adjacent to an activating group) is 1. The largest absolute Gasteiger partial charge is 0.308 e. The molecule has 1 aliphatic rings. The second-order valence-corrected chi connectivity index (χ2v) is 8.48. The van der Waals surface area contributed by atoms with Crippen molar-refractivity contribution in [2.24, 2.45) is 5.92 Å². The number of rotatable bonds is 6. The minimum absolute atomic E-state index is 0.209. The maximum Gasteiger partial charge on any atom is 0.0931 e. The monoisotopic (exact) mass is 328 g/mol. The zero-order valence-corrected chi connectivity index (χ0v) is 15.4. The Balaban J connectivity index is 2.35. The Morgan fingerprint density at radius 2 is 2.24 bits per heavy atom. The summed E-state index contributed by atoms with van der Waals surface area (Å²) in [7, 11) is 4.49. The lowest BCUT2D eigenvalue weighted by Crippen LogP contribution is -2.56. The highest BCUT2D eigenvalue weighted by molar-refractivity contribution is 7.16. The van der Waals surface area contributed by atoms with Gasteiger partial charge in [-0.15, -0.1) is 11.3 Å². The Labute approximate surface area is 138 Å². The van der Waals surface area contributed by atoms with Crippen molar-refractivity contribution in [1.29, 1.82) is 0 Å².